The summed E-state index contributed by atoms with van der Waals surface area (Å²) in [6, 6.07) is -0.180. The third-order valence-electron chi connectivity index (χ3n) is 5.44. The van der Waals surface area contributed by atoms with Crippen LogP contribution in [0.15, 0.2) is 0 Å². The Kier molecular flexibility index (Phi) is 6.63. The first kappa shape index (κ1) is 22.5. The highest BCUT2D eigenvalue weighted by atomic mass is 16.6. The lowest BCUT2D eigenvalue weighted by atomic mass is 9.75. The second kappa shape index (κ2) is 8.27. The number of amides is 2. The SMILES string of the molecule is CCOC(=O)[C@H]1[C@@H](O)C(=O)N(C(C)C)C12CCN(C(=O)OCC(C)(C)C)CC2. The molecule has 160 valence electrons. The third kappa shape index (κ3) is 4.26. The van der Waals surface area contributed by atoms with Gasteiger partial charge in [0.25, 0.3) is 5.91 Å². The first-order valence-corrected chi connectivity index (χ1v) is 10.0. The van der Waals surface area contributed by atoms with Crippen molar-refractivity contribution in [2.24, 2.45) is 11.3 Å². The van der Waals surface area contributed by atoms with Gasteiger partial charge in [-0.3, -0.25) is 9.59 Å². The maximum absolute atomic E-state index is 12.7. The van der Waals surface area contributed by atoms with Crippen molar-refractivity contribution in [2.75, 3.05) is 26.3 Å². The largest absolute Gasteiger partial charge is 0.466 e. The molecule has 2 heterocycles. The quantitative estimate of drug-likeness (QED) is 0.726. The van der Waals surface area contributed by atoms with Crippen LogP contribution < -0.4 is 0 Å². The van der Waals surface area contributed by atoms with Crippen molar-refractivity contribution < 1.29 is 29.0 Å². The van der Waals surface area contributed by atoms with Gasteiger partial charge in [0.15, 0.2) is 0 Å². The van der Waals surface area contributed by atoms with E-state index in [1.54, 1.807) is 16.7 Å². The predicted octanol–water partition coefficient (Wildman–Crippen LogP) is 1.79. The summed E-state index contributed by atoms with van der Waals surface area (Å²) >= 11 is 0. The number of rotatable bonds is 4. The van der Waals surface area contributed by atoms with Gasteiger partial charge < -0.3 is 24.4 Å². The minimum absolute atomic E-state index is 0.127. The summed E-state index contributed by atoms with van der Waals surface area (Å²) in [4.78, 5) is 41.0. The molecule has 8 nitrogen and oxygen atoms in total. The maximum Gasteiger partial charge on any atom is 0.409 e. The Bertz CT molecular complexity index is 604. The predicted molar refractivity (Wildman–Crippen MR) is 102 cm³/mol. The van der Waals surface area contributed by atoms with Gasteiger partial charge in [-0.2, -0.15) is 0 Å². The van der Waals surface area contributed by atoms with E-state index in [-0.39, 0.29) is 18.1 Å². The van der Waals surface area contributed by atoms with Crippen LogP contribution >= 0.6 is 0 Å². The highest BCUT2D eigenvalue weighted by Crippen LogP contribution is 2.45. The van der Waals surface area contributed by atoms with Gasteiger partial charge in [-0.1, -0.05) is 20.8 Å². The number of hydrogen-bond acceptors (Lipinski definition) is 6. The molecule has 0 saturated carbocycles. The standard InChI is InChI=1S/C20H34N2O6/c1-7-27-17(25)14-15(23)16(24)22(13(2)3)20(14)8-10-21(11-9-20)18(26)28-12-19(4,5)6/h13-15,23H,7-12H2,1-6H3/t14-,15-/m1/s1. The lowest BCUT2D eigenvalue weighted by molar-refractivity contribution is -0.156. The van der Waals surface area contributed by atoms with Crippen LogP contribution in [0.5, 0.6) is 0 Å². The van der Waals surface area contributed by atoms with Crippen LogP contribution in [0.25, 0.3) is 0 Å². The van der Waals surface area contributed by atoms with Gasteiger partial charge in [0.2, 0.25) is 0 Å². The van der Waals surface area contributed by atoms with Gasteiger partial charge in [-0.25, -0.2) is 4.79 Å². The molecule has 1 spiro atoms. The fraction of sp³-hybridized carbons (Fsp3) is 0.850. The molecular formula is C20H34N2O6. The molecule has 2 aliphatic heterocycles. The van der Waals surface area contributed by atoms with Crippen LogP contribution in [0.3, 0.4) is 0 Å². The molecule has 0 bridgehead atoms. The molecule has 0 aromatic carbocycles. The highest BCUT2D eigenvalue weighted by molar-refractivity contribution is 5.93. The highest BCUT2D eigenvalue weighted by Gasteiger charge is 2.63. The molecule has 0 radical (unpaired) electrons. The van der Waals surface area contributed by atoms with E-state index in [0.717, 1.165) is 0 Å². The number of esters is 1. The number of carbonyl (C=O) groups excluding carboxylic acids is 3. The van der Waals surface area contributed by atoms with Gasteiger partial charge in [-0.15, -0.1) is 0 Å². The molecule has 2 atom stereocenters. The Morgan fingerprint density at radius 1 is 1.21 bits per heavy atom. The average Bonchev–Trinajstić information content (AvgIpc) is 2.80. The molecule has 0 unspecified atom stereocenters. The number of aliphatic hydroxyl groups excluding tert-OH is 1. The van der Waals surface area contributed by atoms with Crippen molar-refractivity contribution in [1.29, 1.82) is 0 Å². The Labute approximate surface area is 167 Å². The van der Waals surface area contributed by atoms with Crippen LogP contribution in [0.4, 0.5) is 4.79 Å². The summed E-state index contributed by atoms with van der Waals surface area (Å²) in [5.74, 6) is -1.96. The van der Waals surface area contributed by atoms with E-state index in [9.17, 15) is 19.5 Å². The zero-order valence-electron chi connectivity index (χ0n) is 17.9. The van der Waals surface area contributed by atoms with Crippen molar-refractivity contribution in [3.8, 4) is 0 Å². The molecule has 0 aromatic heterocycles. The van der Waals surface area contributed by atoms with E-state index in [1.165, 1.54) is 0 Å². The van der Waals surface area contributed by atoms with Gasteiger partial charge in [0.05, 0.1) is 18.8 Å². The summed E-state index contributed by atoms with van der Waals surface area (Å²) < 4.78 is 10.6. The zero-order chi connectivity index (χ0) is 21.3. The molecule has 1 N–H and O–H groups in total. The fourth-order valence-electron chi connectivity index (χ4n) is 4.30. The smallest absolute Gasteiger partial charge is 0.409 e. The molecule has 2 aliphatic rings. The zero-order valence-corrected chi connectivity index (χ0v) is 17.9. The van der Waals surface area contributed by atoms with E-state index in [1.807, 2.05) is 34.6 Å². The van der Waals surface area contributed by atoms with Gasteiger partial charge in [0.1, 0.15) is 12.0 Å². The van der Waals surface area contributed by atoms with Crippen LogP contribution in [0.1, 0.15) is 54.4 Å². The Balaban J connectivity index is 2.20. The lowest BCUT2D eigenvalue weighted by Gasteiger charge is -2.48. The Morgan fingerprint density at radius 2 is 1.79 bits per heavy atom. The number of hydrogen-bond donors (Lipinski definition) is 1. The molecule has 2 saturated heterocycles. The van der Waals surface area contributed by atoms with Gasteiger partial charge in [-0.05, 0) is 39.0 Å². The monoisotopic (exact) mass is 398 g/mol. The molecular weight excluding hydrogens is 364 g/mol. The summed E-state index contributed by atoms with van der Waals surface area (Å²) in [6.07, 6.45) is -1.02. The van der Waals surface area contributed by atoms with Gasteiger partial charge in [0, 0.05) is 19.1 Å². The molecule has 0 aliphatic carbocycles. The molecule has 28 heavy (non-hydrogen) atoms. The molecule has 8 heteroatoms. The number of ether oxygens (including phenoxy) is 2. The first-order valence-electron chi connectivity index (χ1n) is 10.0. The number of nitrogens with zero attached hydrogens (tertiary/aromatic N) is 2. The van der Waals surface area contributed by atoms with Crippen LogP contribution in [0.2, 0.25) is 0 Å². The number of piperidine rings is 1. The minimum Gasteiger partial charge on any atom is -0.466 e. The van der Waals surface area contributed by atoms with Crippen LogP contribution in [0, 0.1) is 11.3 Å². The number of likely N-dealkylation sites (tertiary alicyclic amines) is 2. The van der Waals surface area contributed by atoms with Crippen LogP contribution in [-0.2, 0) is 19.1 Å². The molecule has 0 aromatic rings. The number of carbonyl (C=O) groups is 3. The Hall–Kier alpha value is -1.83. The van der Waals surface area contributed by atoms with E-state index >= 15 is 0 Å². The van der Waals surface area contributed by atoms with E-state index in [0.29, 0.717) is 32.5 Å². The maximum atomic E-state index is 12.7. The minimum atomic E-state index is -1.42. The van der Waals surface area contributed by atoms with E-state index in [2.05, 4.69) is 0 Å². The normalized spacial score (nSPS) is 24.8. The molecule has 2 fully saturated rings. The second-order valence-electron chi connectivity index (χ2n) is 9.18. The topological polar surface area (TPSA) is 96.4 Å². The third-order valence-corrected chi connectivity index (χ3v) is 5.44. The van der Waals surface area contributed by atoms with Crippen molar-refractivity contribution in [3.63, 3.8) is 0 Å². The van der Waals surface area contributed by atoms with E-state index < -0.39 is 35.5 Å². The fourth-order valence-corrected chi connectivity index (χ4v) is 4.30. The van der Waals surface area contributed by atoms with E-state index in [4.69, 9.17) is 9.47 Å². The summed E-state index contributed by atoms with van der Waals surface area (Å²) in [7, 11) is 0. The average molecular weight is 399 g/mol. The first-order chi connectivity index (χ1) is 12.9. The van der Waals surface area contributed by atoms with Crippen molar-refractivity contribution in [3.05, 3.63) is 0 Å². The summed E-state index contributed by atoms with van der Waals surface area (Å²) in [5, 5.41) is 10.5. The van der Waals surface area contributed by atoms with Gasteiger partial charge >= 0.3 is 12.1 Å². The second-order valence-corrected chi connectivity index (χ2v) is 9.18. The van der Waals surface area contributed by atoms with Crippen molar-refractivity contribution >= 4 is 18.0 Å². The summed E-state index contributed by atoms with van der Waals surface area (Å²) in [6.45, 7) is 12.6. The number of aliphatic hydroxyl groups is 1. The lowest BCUT2D eigenvalue weighted by Crippen LogP contribution is -2.60. The van der Waals surface area contributed by atoms with Crippen molar-refractivity contribution in [1.82, 2.24) is 9.80 Å². The van der Waals surface area contributed by atoms with Crippen LogP contribution in [-0.4, -0.2) is 76.9 Å². The van der Waals surface area contributed by atoms with Crippen molar-refractivity contribution in [2.45, 2.75) is 72.1 Å². The summed E-state index contributed by atoms with van der Waals surface area (Å²) in [5.41, 5.74) is -0.976. The Morgan fingerprint density at radius 3 is 2.25 bits per heavy atom. The molecule has 2 rings (SSSR count). The molecule has 2 amide bonds.